The van der Waals surface area contributed by atoms with Gasteiger partial charge in [0.05, 0.1) is 6.42 Å². The average Bonchev–Trinajstić information content (AvgIpc) is 2.85. The van der Waals surface area contributed by atoms with Crippen molar-refractivity contribution in [3.8, 4) is 0 Å². The van der Waals surface area contributed by atoms with Gasteiger partial charge in [-0.05, 0) is 24.5 Å². The molecule has 1 atom stereocenters. The van der Waals surface area contributed by atoms with Gasteiger partial charge in [-0.15, -0.1) is 0 Å². The third kappa shape index (κ3) is 2.52. The Morgan fingerprint density at radius 2 is 2.20 bits per heavy atom. The van der Waals surface area contributed by atoms with Crippen molar-refractivity contribution >= 4 is 22.7 Å². The molecule has 1 saturated heterocycles. The largest absolute Gasteiger partial charge is 0.361 e. The lowest BCUT2D eigenvalue weighted by molar-refractivity contribution is -0.129. The Balaban J connectivity index is 1.68. The minimum absolute atomic E-state index is 0.0801. The van der Waals surface area contributed by atoms with E-state index in [0.29, 0.717) is 13.0 Å². The summed E-state index contributed by atoms with van der Waals surface area (Å²) >= 11 is 0. The number of piperidine rings is 1. The van der Waals surface area contributed by atoms with Gasteiger partial charge < -0.3 is 15.6 Å². The number of carbonyl (C=O) groups excluding carboxylic acids is 2. The van der Waals surface area contributed by atoms with Crippen molar-refractivity contribution in [2.45, 2.75) is 25.3 Å². The monoisotopic (exact) mass is 271 g/mol. The molecule has 0 bridgehead atoms. The molecule has 5 nitrogen and oxygen atoms in total. The van der Waals surface area contributed by atoms with Crippen LogP contribution in [0.15, 0.2) is 30.5 Å². The number of para-hydroxylation sites is 1. The molecule has 1 aliphatic heterocycles. The van der Waals surface area contributed by atoms with Crippen LogP contribution < -0.4 is 10.6 Å². The second-order valence-electron chi connectivity index (χ2n) is 5.09. The number of H-pyrrole nitrogens is 1. The van der Waals surface area contributed by atoms with Crippen molar-refractivity contribution in [3.05, 3.63) is 36.0 Å². The van der Waals surface area contributed by atoms with Crippen LogP contribution in [-0.4, -0.2) is 29.4 Å². The zero-order valence-corrected chi connectivity index (χ0v) is 11.1. The van der Waals surface area contributed by atoms with Gasteiger partial charge >= 0.3 is 0 Å². The molecule has 20 heavy (non-hydrogen) atoms. The molecule has 0 radical (unpaired) electrons. The van der Waals surface area contributed by atoms with Gasteiger partial charge in [-0.1, -0.05) is 18.2 Å². The molecule has 2 aromatic rings. The molecule has 104 valence electrons. The number of amides is 2. The first kappa shape index (κ1) is 12.7. The summed E-state index contributed by atoms with van der Waals surface area (Å²) in [5.74, 6) is -0.194. The van der Waals surface area contributed by atoms with Crippen LogP contribution in [0.25, 0.3) is 10.9 Å². The summed E-state index contributed by atoms with van der Waals surface area (Å²) in [6.45, 7) is 0.702. The fourth-order valence-corrected chi connectivity index (χ4v) is 2.61. The minimum atomic E-state index is -0.388. The van der Waals surface area contributed by atoms with Gasteiger partial charge in [0, 0.05) is 23.6 Å². The highest BCUT2D eigenvalue weighted by Crippen LogP contribution is 2.18. The lowest BCUT2D eigenvalue weighted by Gasteiger charge is -2.22. The number of hydrogen-bond acceptors (Lipinski definition) is 2. The summed E-state index contributed by atoms with van der Waals surface area (Å²) in [5.41, 5.74) is 1.97. The average molecular weight is 271 g/mol. The molecule has 1 aliphatic rings. The zero-order chi connectivity index (χ0) is 13.9. The van der Waals surface area contributed by atoms with E-state index in [1.807, 2.05) is 30.5 Å². The van der Waals surface area contributed by atoms with E-state index in [-0.39, 0.29) is 24.3 Å². The predicted octanol–water partition coefficient (Wildman–Crippen LogP) is 1.11. The first-order valence-electron chi connectivity index (χ1n) is 6.86. The number of benzene rings is 1. The van der Waals surface area contributed by atoms with Crippen LogP contribution in [0.4, 0.5) is 0 Å². The molecular formula is C15H17N3O2. The lowest BCUT2D eigenvalue weighted by atomic mass is 10.1. The van der Waals surface area contributed by atoms with Crippen LogP contribution in [-0.2, 0) is 16.0 Å². The summed E-state index contributed by atoms with van der Waals surface area (Å²) < 4.78 is 0. The molecule has 1 unspecified atom stereocenters. The van der Waals surface area contributed by atoms with Crippen molar-refractivity contribution < 1.29 is 9.59 Å². The Labute approximate surface area is 116 Å². The Morgan fingerprint density at radius 3 is 3.05 bits per heavy atom. The van der Waals surface area contributed by atoms with Crippen LogP contribution in [0.3, 0.4) is 0 Å². The summed E-state index contributed by atoms with van der Waals surface area (Å²) in [5, 5.41) is 6.62. The standard InChI is InChI=1S/C15H17N3O2/c19-14(18-13-6-3-7-16-15(13)20)8-10-9-17-12-5-2-1-4-11(10)12/h1-2,4-5,9,13,17H,3,6-8H2,(H,16,20)(H,18,19). The van der Waals surface area contributed by atoms with Gasteiger partial charge in [0.25, 0.3) is 0 Å². The van der Waals surface area contributed by atoms with Crippen LogP contribution in [0.5, 0.6) is 0 Å². The fourth-order valence-electron chi connectivity index (χ4n) is 2.61. The predicted molar refractivity (Wildman–Crippen MR) is 76.2 cm³/mol. The molecule has 2 amide bonds. The molecule has 0 saturated carbocycles. The van der Waals surface area contributed by atoms with E-state index in [2.05, 4.69) is 15.6 Å². The highest BCUT2D eigenvalue weighted by atomic mass is 16.2. The van der Waals surface area contributed by atoms with Crippen molar-refractivity contribution in [1.82, 2.24) is 15.6 Å². The minimum Gasteiger partial charge on any atom is -0.361 e. The number of aromatic nitrogens is 1. The van der Waals surface area contributed by atoms with Gasteiger partial charge in [0.2, 0.25) is 11.8 Å². The van der Waals surface area contributed by atoms with E-state index in [1.165, 1.54) is 0 Å². The zero-order valence-electron chi connectivity index (χ0n) is 11.1. The Hall–Kier alpha value is -2.30. The number of carbonyl (C=O) groups is 2. The Morgan fingerprint density at radius 1 is 1.35 bits per heavy atom. The van der Waals surface area contributed by atoms with Gasteiger partial charge in [0.1, 0.15) is 6.04 Å². The second kappa shape index (κ2) is 5.36. The Bertz CT molecular complexity index is 647. The molecular weight excluding hydrogens is 254 g/mol. The lowest BCUT2D eigenvalue weighted by Crippen LogP contribution is -2.50. The maximum atomic E-state index is 12.1. The SMILES string of the molecule is O=C(Cc1c[nH]c2ccccc12)NC1CCCNC1=O. The summed E-state index contributed by atoms with van der Waals surface area (Å²) in [6.07, 6.45) is 3.76. The first-order valence-corrected chi connectivity index (χ1v) is 6.86. The molecule has 2 heterocycles. The van der Waals surface area contributed by atoms with Crippen molar-refractivity contribution in [1.29, 1.82) is 0 Å². The summed E-state index contributed by atoms with van der Waals surface area (Å²) in [7, 11) is 0. The van der Waals surface area contributed by atoms with Gasteiger partial charge in [-0.2, -0.15) is 0 Å². The van der Waals surface area contributed by atoms with Crippen LogP contribution in [0.1, 0.15) is 18.4 Å². The van der Waals surface area contributed by atoms with Gasteiger partial charge in [-0.3, -0.25) is 9.59 Å². The van der Waals surface area contributed by atoms with E-state index in [9.17, 15) is 9.59 Å². The second-order valence-corrected chi connectivity index (χ2v) is 5.09. The topological polar surface area (TPSA) is 74.0 Å². The highest BCUT2D eigenvalue weighted by molar-refractivity contribution is 5.92. The molecule has 0 spiro atoms. The molecule has 1 fully saturated rings. The third-order valence-electron chi connectivity index (χ3n) is 3.65. The van der Waals surface area contributed by atoms with Gasteiger partial charge in [-0.25, -0.2) is 0 Å². The first-order chi connectivity index (χ1) is 9.74. The van der Waals surface area contributed by atoms with E-state index in [0.717, 1.165) is 22.9 Å². The molecule has 1 aromatic heterocycles. The van der Waals surface area contributed by atoms with E-state index in [4.69, 9.17) is 0 Å². The normalized spacial score (nSPS) is 18.8. The number of hydrogen-bond donors (Lipinski definition) is 3. The van der Waals surface area contributed by atoms with E-state index >= 15 is 0 Å². The van der Waals surface area contributed by atoms with Crippen molar-refractivity contribution in [3.63, 3.8) is 0 Å². The van der Waals surface area contributed by atoms with Crippen LogP contribution >= 0.6 is 0 Å². The molecule has 3 rings (SSSR count). The quantitative estimate of drug-likeness (QED) is 0.782. The van der Waals surface area contributed by atoms with Crippen molar-refractivity contribution in [2.24, 2.45) is 0 Å². The van der Waals surface area contributed by atoms with E-state index in [1.54, 1.807) is 0 Å². The molecule has 3 N–H and O–H groups in total. The fraction of sp³-hybridized carbons (Fsp3) is 0.333. The molecule has 1 aromatic carbocycles. The molecule has 0 aliphatic carbocycles. The van der Waals surface area contributed by atoms with Crippen molar-refractivity contribution in [2.75, 3.05) is 6.54 Å². The number of aromatic amines is 1. The van der Waals surface area contributed by atoms with Crippen LogP contribution in [0.2, 0.25) is 0 Å². The van der Waals surface area contributed by atoms with Crippen LogP contribution in [0, 0.1) is 0 Å². The molecule has 5 heteroatoms. The Kier molecular flexibility index (Phi) is 3.41. The smallest absolute Gasteiger partial charge is 0.242 e. The third-order valence-corrected chi connectivity index (χ3v) is 3.65. The van der Waals surface area contributed by atoms with E-state index < -0.39 is 0 Å². The maximum absolute atomic E-state index is 12.1. The van der Waals surface area contributed by atoms with Gasteiger partial charge in [0.15, 0.2) is 0 Å². The highest BCUT2D eigenvalue weighted by Gasteiger charge is 2.23. The maximum Gasteiger partial charge on any atom is 0.242 e. The summed E-state index contributed by atoms with van der Waals surface area (Å²) in [4.78, 5) is 26.8. The number of rotatable bonds is 3. The number of fused-ring (bicyclic) bond motifs is 1. The number of nitrogens with one attached hydrogen (secondary N) is 3. The summed E-state index contributed by atoms with van der Waals surface area (Å²) in [6, 6.07) is 7.48.